The molecule has 5 rings (SSSR count). The molecular formula is C34H34N2O3S. The van der Waals surface area contributed by atoms with E-state index in [0.717, 1.165) is 44.4 Å². The van der Waals surface area contributed by atoms with Crippen LogP contribution in [0.2, 0.25) is 0 Å². The van der Waals surface area contributed by atoms with Gasteiger partial charge in [0.05, 0.1) is 10.5 Å². The lowest BCUT2D eigenvalue weighted by molar-refractivity contribution is -0.114. The van der Waals surface area contributed by atoms with Crippen LogP contribution in [0.25, 0.3) is 21.8 Å². The molecule has 5 aromatic rings. The van der Waals surface area contributed by atoms with Gasteiger partial charge in [-0.15, -0.1) is 11.8 Å². The second-order valence-electron chi connectivity index (χ2n) is 10.5. The van der Waals surface area contributed by atoms with Gasteiger partial charge in [-0.25, -0.2) is 0 Å². The molecule has 4 aromatic carbocycles. The number of carbonyl (C=O) groups is 1. The van der Waals surface area contributed by atoms with Crippen LogP contribution in [0, 0.1) is 6.92 Å². The van der Waals surface area contributed by atoms with Crippen molar-refractivity contribution < 1.29 is 14.7 Å². The number of hydrogen-bond donors (Lipinski definition) is 1. The minimum Gasteiger partial charge on any atom is -0.362 e. The Morgan fingerprint density at radius 1 is 0.925 bits per heavy atom. The Labute approximate surface area is 239 Å². The topological polar surface area (TPSA) is 63.8 Å². The first-order chi connectivity index (χ1) is 19.2. The molecule has 1 atom stereocenters. The SMILES string of the molecule is CCn1c2ccc(C(=O)c3ccccc3C)cc2c2cc(/C(C)=N/OC(O)C(C)(C)Sc3ccccc3)ccc21. The van der Waals surface area contributed by atoms with E-state index in [4.69, 9.17) is 4.84 Å². The van der Waals surface area contributed by atoms with Crippen molar-refractivity contribution in [2.24, 2.45) is 5.16 Å². The predicted molar refractivity (Wildman–Crippen MR) is 165 cm³/mol. The fourth-order valence-electron chi connectivity index (χ4n) is 4.95. The Morgan fingerprint density at radius 2 is 1.52 bits per heavy atom. The Bertz CT molecular complexity index is 1720. The van der Waals surface area contributed by atoms with Crippen molar-refractivity contribution in [1.82, 2.24) is 4.57 Å². The molecule has 0 saturated carbocycles. The van der Waals surface area contributed by atoms with Crippen LogP contribution in [0.1, 0.15) is 54.7 Å². The van der Waals surface area contributed by atoms with E-state index in [-0.39, 0.29) is 5.78 Å². The number of thioether (sulfide) groups is 1. The van der Waals surface area contributed by atoms with Gasteiger partial charge >= 0.3 is 0 Å². The molecule has 0 fully saturated rings. The summed E-state index contributed by atoms with van der Waals surface area (Å²) in [5.41, 5.74) is 6.06. The summed E-state index contributed by atoms with van der Waals surface area (Å²) in [7, 11) is 0. The highest BCUT2D eigenvalue weighted by molar-refractivity contribution is 8.00. The number of aliphatic hydroxyl groups is 1. The summed E-state index contributed by atoms with van der Waals surface area (Å²) in [5, 5.41) is 17.2. The van der Waals surface area contributed by atoms with Crippen LogP contribution >= 0.6 is 11.8 Å². The van der Waals surface area contributed by atoms with E-state index in [1.807, 2.05) is 107 Å². The lowest BCUT2D eigenvalue weighted by atomic mass is 9.97. The summed E-state index contributed by atoms with van der Waals surface area (Å²) in [4.78, 5) is 20.0. The van der Waals surface area contributed by atoms with Gasteiger partial charge in [-0.2, -0.15) is 0 Å². The molecule has 6 heteroatoms. The van der Waals surface area contributed by atoms with Crippen LogP contribution in [0.15, 0.2) is 101 Å². The Balaban J connectivity index is 1.46. The number of carbonyl (C=O) groups excluding carboxylic acids is 1. The quantitative estimate of drug-likeness (QED) is 0.0664. The number of aromatic nitrogens is 1. The third-order valence-corrected chi connectivity index (χ3v) is 8.49. The van der Waals surface area contributed by atoms with Crippen LogP contribution in [-0.2, 0) is 11.4 Å². The molecule has 1 heterocycles. The number of oxime groups is 1. The summed E-state index contributed by atoms with van der Waals surface area (Å²) < 4.78 is 1.65. The molecule has 1 aromatic heterocycles. The van der Waals surface area contributed by atoms with Crippen LogP contribution in [0.3, 0.4) is 0 Å². The second kappa shape index (κ2) is 11.3. The third kappa shape index (κ3) is 5.42. The molecule has 0 radical (unpaired) electrons. The van der Waals surface area contributed by atoms with E-state index in [1.165, 1.54) is 11.8 Å². The number of hydrogen-bond acceptors (Lipinski definition) is 5. The molecular weight excluding hydrogens is 516 g/mol. The highest BCUT2D eigenvalue weighted by Crippen LogP contribution is 2.36. The fraction of sp³-hybridized carbons (Fsp3) is 0.235. The zero-order valence-corrected chi connectivity index (χ0v) is 24.3. The predicted octanol–water partition coefficient (Wildman–Crippen LogP) is 7.98. The van der Waals surface area contributed by atoms with Crippen molar-refractivity contribution in [3.8, 4) is 0 Å². The van der Waals surface area contributed by atoms with Crippen molar-refractivity contribution in [3.63, 3.8) is 0 Å². The lowest BCUT2D eigenvalue weighted by Crippen LogP contribution is -2.34. The molecule has 0 spiro atoms. The first kappa shape index (κ1) is 27.7. The maximum absolute atomic E-state index is 13.4. The first-order valence-electron chi connectivity index (χ1n) is 13.5. The first-order valence-corrected chi connectivity index (χ1v) is 14.3. The maximum atomic E-state index is 13.4. The Kier molecular flexibility index (Phi) is 7.83. The number of nitrogens with zero attached hydrogens (tertiary/aromatic N) is 2. The van der Waals surface area contributed by atoms with Crippen LogP contribution in [0.4, 0.5) is 0 Å². The zero-order chi connectivity index (χ0) is 28.4. The van der Waals surface area contributed by atoms with Crippen LogP contribution in [-0.4, -0.2) is 32.2 Å². The van der Waals surface area contributed by atoms with E-state index in [9.17, 15) is 9.90 Å². The average molecular weight is 551 g/mol. The number of fused-ring (bicyclic) bond motifs is 3. The summed E-state index contributed by atoms with van der Waals surface area (Å²) >= 11 is 1.54. The number of aliphatic hydroxyl groups excluding tert-OH is 1. The summed E-state index contributed by atoms with van der Waals surface area (Å²) in [5.74, 6) is 0.0182. The second-order valence-corrected chi connectivity index (χ2v) is 12.2. The van der Waals surface area contributed by atoms with E-state index < -0.39 is 11.0 Å². The van der Waals surface area contributed by atoms with Gasteiger partial charge in [-0.1, -0.05) is 53.7 Å². The molecule has 0 aliphatic rings. The Morgan fingerprint density at radius 3 is 2.17 bits per heavy atom. The average Bonchev–Trinajstić information content (AvgIpc) is 3.28. The van der Waals surface area contributed by atoms with E-state index in [2.05, 4.69) is 28.8 Å². The van der Waals surface area contributed by atoms with Gasteiger partial charge in [0.15, 0.2) is 5.78 Å². The maximum Gasteiger partial charge on any atom is 0.239 e. The van der Waals surface area contributed by atoms with Gasteiger partial charge in [-0.3, -0.25) is 4.79 Å². The highest BCUT2D eigenvalue weighted by Gasteiger charge is 2.31. The van der Waals surface area contributed by atoms with Crippen molar-refractivity contribution in [2.75, 3.05) is 0 Å². The zero-order valence-electron chi connectivity index (χ0n) is 23.5. The Hall–Kier alpha value is -3.87. The highest BCUT2D eigenvalue weighted by atomic mass is 32.2. The van der Waals surface area contributed by atoms with E-state index in [1.54, 1.807) is 0 Å². The fourth-order valence-corrected chi connectivity index (χ4v) is 5.99. The molecule has 0 amide bonds. The molecule has 1 unspecified atom stereocenters. The van der Waals surface area contributed by atoms with E-state index >= 15 is 0 Å². The van der Waals surface area contributed by atoms with Gasteiger partial charge in [-0.05, 0) is 88.2 Å². The molecule has 204 valence electrons. The minimum absolute atomic E-state index is 0.0182. The van der Waals surface area contributed by atoms with Crippen LogP contribution in [0.5, 0.6) is 0 Å². The lowest BCUT2D eigenvalue weighted by Gasteiger charge is -2.27. The largest absolute Gasteiger partial charge is 0.362 e. The van der Waals surface area contributed by atoms with Gasteiger partial charge in [0.2, 0.25) is 6.29 Å². The van der Waals surface area contributed by atoms with Crippen molar-refractivity contribution in [3.05, 3.63) is 113 Å². The van der Waals surface area contributed by atoms with Gasteiger partial charge in [0.25, 0.3) is 0 Å². The van der Waals surface area contributed by atoms with Crippen molar-refractivity contribution >= 4 is 45.1 Å². The standard InChI is InChI=1S/C34H34N2O3S/c1-6-36-30-18-16-24(23(3)35-39-33(38)34(4,5)40-26-13-8-7-9-14-26)20-28(30)29-21-25(17-19-31(29)36)32(37)27-15-11-10-12-22(27)2/h7-21,33,38H,6H2,1-5H3/b35-23+. The summed E-state index contributed by atoms with van der Waals surface area (Å²) in [6, 6.07) is 29.8. The van der Waals surface area contributed by atoms with E-state index in [0.29, 0.717) is 16.8 Å². The van der Waals surface area contributed by atoms with Crippen LogP contribution < -0.4 is 0 Å². The van der Waals surface area contributed by atoms with Crippen molar-refractivity contribution in [2.45, 2.75) is 57.1 Å². The van der Waals surface area contributed by atoms with Crippen molar-refractivity contribution in [1.29, 1.82) is 0 Å². The molecule has 0 aliphatic heterocycles. The number of aryl methyl sites for hydroxylation is 2. The third-order valence-electron chi connectivity index (χ3n) is 7.26. The normalized spacial score (nSPS) is 13.1. The monoisotopic (exact) mass is 550 g/mol. The number of rotatable bonds is 9. The molecule has 0 aliphatic carbocycles. The van der Waals surface area contributed by atoms with Gasteiger partial charge in [0, 0.05) is 44.4 Å². The number of benzene rings is 4. The summed E-state index contributed by atoms with van der Waals surface area (Å²) in [6.45, 7) is 10.6. The van der Waals surface area contributed by atoms with Gasteiger partial charge < -0.3 is 14.5 Å². The number of ketones is 1. The van der Waals surface area contributed by atoms with Gasteiger partial charge in [0.1, 0.15) is 0 Å². The molecule has 0 saturated heterocycles. The molecule has 5 nitrogen and oxygen atoms in total. The summed E-state index contributed by atoms with van der Waals surface area (Å²) in [6.07, 6.45) is -1.10. The smallest absolute Gasteiger partial charge is 0.239 e. The molecule has 1 N–H and O–H groups in total. The minimum atomic E-state index is -1.10. The molecule has 0 bridgehead atoms. The molecule has 40 heavy (non-hydrogen) atoms.